The van der Waals surface area contributed by atoms with Gasteiger partial charge in [-0.1, -0.05) is 71.9 Å². The molecule has 120 valence electrons. The average molecular weight is 318 g/mol. The van der Waals surface area contributed by atoms with Crippen LogP contribution in [-0.4, -0.2) is 14.9 Å². The molecule has 0 amide bonds. The number of ether oxygens (including phenoxy) is 1. The lowest BCUT2D eigenvalue weighted by molar-refractivity contribution is 0.0472. The van der Waals surface area contributed by atoms with Crippen LogP contribution in [0.1, 0.15) is 53.2 Å². The first-order chi connectivity index (χ1) is 10.1. The molecule has 3 heteroatoms. The highest BCUT2D eigenvalue weighted by Gasteiger charge is 2.57. The largest absolute Gasteiger partial charge is 0.351 e. The summed E-state index contributed by atoms with van der Waals surface area (Å²) >= 11 is 0. The van der Waals surface area contributed by atoms with E-state index in [-0.39, 0.29) is 27.6 Å². The van der Waals surface area contributed by atoms with Crippen molar-refractivity contribution in [2.75, 3.05) is 0 Å². The second kappa shape index (κ2) is 5.04. The van der Waals surface area contributed by atoms with Gasteiger partial charge in [-0.3, -0.25) is 4.21 Å². The van der Waals surface area contributed by atoms with E-state index in [2.05, 4.69) is 53.7 Å². The van der Waals surface area contributed by atoms with Crippen LogP contribution in [0, 0.1) is 10.8 Å². The minimum Gasteiger partial charge on any atom is -0.351 e. The SMILES string of the molecule is CC(C)(C)C1=C(C(C)(C)C)[C@H]2[C@@H](c3ccccc3)O[C@@H]1S2=O. The molecule has 1 fully saturated rings. The lowest BCUT2D eigenvalue weighted by Crippen LogP contribution is -2.32. The molecule has 2 aliphatic heterocycles. The van der Waals surface area contributed by atoms with Gasteiger partial charge >= 0.3 is 0 Å². The minimum absolute atomic E-state index is 0.00843. The van der Waals surface area contributed by atoms with Crippen molar-refractivity contribution < 1.29 is 8.95 Å². The van der Waals surface area contributed by atoms with E-state index < -0.39 is 10.8 Å². The van der Waals surface area contributed by atoms with E-state index in [4.69, 9.17) is 4.74 Å². The zero-order valence-corrected chi connectivity index (χ0v) is 15.2. The molecule has 3 rings (SSSR count). The zero-order valence-electron chi connectivity index (χ0n) is 14.3. The summed E-state index contributed by atoms with van der Waals surface area (Å²) in [6.07, 6.45) is -0.0765. The van der Waals surface area contributed by atoms with Crippen LogP contribution in [0.15, 0.2) is 41.5 Å². The first kappa shape index (κ1) is 15.9. The summed E-state index contributed by atoms with van der Waals surface area (Å²) in [5, 5.41) is -0.0124. The fourth-order valence-corrected chi connectivity index (χ4v) is 6.12. The van der Waals surface area contributed by atoms with Gasteiger partial charge in [-0.2, -0.15) is 0 Å². The lowest BCUT2D eigenvalue weighted by Gasteiger charge is -2.37. The Morgan fingerprint density at radius 2 is 1.45 bits per heavy atom. The van der Waals surface area contributed by atoms with Gasteiger partial charge in [0.2, 0.25) is 0 Å². The topological polar surface area (TPSA) is 26.3 Å². The molecule has 0 saturated carbocycles. The Hall–Kier alpha value is -0.930. The predicted molar refractivity (Wildman–Crippen MR) is 91.9 cm³/mol. The van der Waals surface area contributed by atoms with E-state index >= 15 is 0 Å². The van der Waals surface area contributed by atoms with Crippen LogP contribution < -0.4 is 0 Å². The van der Waals surface area contributed by atoms with Crippen molar-refractivity contribution >= 4 is 10.8 Å². The normalized spacial score (nSPS) is 31.9. The van der Waals surface area contributed by atoms with Crippen LogP contribution in [0.2, 0.25) is 0 Å². The third-order valence-electron chi connectivity index (χ3n) is 4.56. The van der Waals surface area contributed by atoms with Gasteiger partial charge in [0.15, 0.2) is 5.44 Å². The molecule has 2 bridgehead atoms. The van der Waals surface area contributed by atoms with Crippen LogP contribution in [0.4, 0.5) is 0 Å². The van der Waals surface area contributed by atoms with Crippen LogP contribution in [0.25, 0.3) is 0 Å². The Balaban J connectivity index is 2.14. The average Bonchev–Trinajstić information content (AvgIpc) is 2.89. The highest BCUT2D eigenvalue weighted by Crippen LogP contribution is 2.56. The Bertz CT molecular complexity index is 632. The maximum atomic E-state index is 13.0. The molecule has 0 aromatic heterocycles. The molecule has 2 heterocycles. The van der Waals surface area contributed by atoms with E-state index in [9.17, 15) is 4.21 Å². The van der Waals surface area contributed by atoms with E-state index in [1.807, 2.05) is 18.2 Å². The number of benzene rings is 1. The van der Waals surface area contributed by atoms with Crippen molar-refractivity contribution in [3.8, 4) is 0 Å². The van der Waals surface area contributed by atoms with Crippen LogP contribution in [-0.2, 0) is 15.5 Å². The molecule has 4 atom stereocenters. The van der Waals surface area contributed by atoms with Crippen LogP contribution in [0.5, 0.6) is 0 Å². The van der Waals surface area contributed by atoms with Gasteiger partial charge in [0, 0.05) is 0 Å². The third kappa shape index (κ3) is 2.39. The van der Waals surface area contributed by atoms with Gasteiger partial charge in [0.05, 0.1) is 16.0 Å². The van der Waals surface area contributed by atoms with Gasteiger partial charge in [0.1, 0.15) is 6.10 Å². The van der Waals surface area contributed by atoms with Crippen LogP contribution >= 0.6 is 0 Å². The summed E-state index contributed by atoms with van der Waals surface area (Å²) in [5.41, 5.74) is 3.50. The Kier molecular flexibility index (Phi) is 3.65. The third-order valence-corrected chi connectivity index (χ3v) is 6.31. The Morgan fingerprint density at radius 3 is 1.95 bits per heavy atom. The smallest absolute Gasteiger partial charge is 0.155 e. The van der Waals surface area contributed by atoms with E-state index in [1.54, 1.807) is 0 Å². The minimum atomic E-state index is -0.981. The Labute approximate surface area is 136 Å². The summed E-state index contributed by atoms with van der Waals surface area (Å²) in [6.45, 7) is 13.3. The predicted octanol–water partition coefficient (Wildman–Crippen LogP) is 4.60. The number of hydrogen-bond acceptors (Lipinski definition) is 2. The van der Waals surface area contributed by atoms with Crippen LogP contribution in [0.3, 0.4) is 0 Å². The number of fused-ring (bicyclic) bond motifs is 2. The molecule has 1 aromatic carbocycles. The summed E-state index contributed by atoms with van der Waals surface area (Å²) in [7, 11) is -0.981. The first-order valence-electron chi connectivity index (χ1n) is 7.97. The van der Waals surface area contributed by atoms with Crippen molar-refractivity contribution in [2.24, 2.45) is 10.8 Å². The van der Waals surface area contributed by atoms with E-state index in [1.165, 1.54) is 11.1 Å². The quantitative estimate of drug-likeness (QED) is 0.707. The number of rotatable bonds is 1. The molecule has 0 radical (unpaired) electrons. The molecule has 0 spiro atoms. The van der Waals surface area contributed by atoms with Gasteiger partial charge in [-0.05, 0) is 27.5 Å². The second-order valence-electron chi connectivity index (χ2n) is 8.38. The molecule has 2 nitrogen and oxygen atoms in total. The van der Waals surface area contributed by atoms with Crippen molar-refractivity contribution in [3.63, 3.8) is 0 Å². The van der Waals surface area contributed by atoms with Crippen molar-refractivity contribution in [1.82, 2.24) is 0 Å². The second-order valence-corrected chi connectivity index (χ2v) is 9.97. The molecular weight excluding hydrogens is 292 g/mol. The molecule has 2 aliphatic rings. The summed E-state index contributed by atoms with van der Waals surface area (Å²) in [6, 6.07) is 10.2. The monoisotopic (exact) mass is 318 g/mol. The summed E-state index contributed by atoms with van der Waals surface area (Å²) in [5.74, 6) is 0. The first-order valence-corrected chi connectivity index (χ1v) is 9.25. The summed E-state index contributed by atoms with van der Waals surface area (Å²) < 4.78 is 19.3. The standard InChI is InChI=1S/C19H26O2S/c1-18(2,3)13-14(19(4,5)6)17-21-15(16(13)22(17)20)12-10-8-7-9-11-12/h7-11,15-17H,1-6H3/t15-,16+,17-,22?/m1/s1. The highest BCUT2D eigenvalue weighted by molar-refractivity contribution is 7.87. The molecule has 22 heavy (non-hydrogen) atoms. The molecular formula is C19H26O2S. The molecule has 1 aromatic rings. The van der Waals surface area contributed by atoms with E-state index in [0.717, 1.165) is 5.56 Å². The van der Waals surface area contributed by atoms with Gasteiger partial charge < -0.3 is 4.74 Å². The number of hydrogen-bond donors (Lipinski definition) is 0. The fourth-order valence-electron chi connectivity index (χ4n) is 3.73. The van der Waals surface area contributed by atoms with Crippen molar-refractivity contribution in [1.29, 1.82) is 0 Å². The maximum Gasteiger partial charge on any atom is 0.155 e. The van der Waals surface area contributed by atoms with Gasteiger partial charge in [0.25, 0.3) is 0 Å². The maximum absolute atomic E-state index is 13.0. The highest BCUT2D eigenvalue weighted by atomic mass is 32.2. The van der Waals surface area contributed by atoms with Gasteiger partial charge in [-0.15, -0.1) is 0 Å². The molecule has 1 unspecified atom stereocenters. The van der Waals surface area contributed by atoms with Gasteiger partial charge in [-0.25, -0.2) is 0 Å². The molecule has 0 N–H and O–H groups in total. The molecule has 0 aliphatic carbocycles. The fraction of sp³-hybridized carbons (Fsp3) is 0.579. The van der Waals surface area contributed by atoms with Crippen molar-refractivity contribution in [2.45, 2.75) is 58.3 Å². The summed E-state index contributed by atoms with van der Waals surface area (Å²) in [4.78, 5) is 0. The van der Waals surface area contributed by atoms with E-state index in [0.29, 0.717) is 0 Å². The Morgan fingerprint density at radius 1 is 0.909 bits per heavy atom. The zero-order chi connectivity index (χ0) is 16.3. The lowest BCUT2D eigenvalue weighted by atomic mass is 9.72. The van der Waals surface area contributed by atoms with Crippen molar-refractivity contribution in [3.05, 3.63) is 47.0 Å². The molecule has 1 saturated heterocycles.